The number of nitro benzene ring substituents is 1. The maximum absolute atomic E-state index is 13.1. The Hall–Kier alpha value is -2.81. The lowest BCUT2D eigenvalue weighted by molar-refractivity contribution is -0.384. The normalized spacial score (nSPS) is 10.3. The molecule has 0 bridgehead atoms. The van der Waals surface area contributed by atoms with Crippen molar-refractivity contribution in [2.24, 2.45) is 5.84 Å². The fourth-order valence-corrected chi connectivity index (χ4v) is 1.67. The summed E-state index contributed by atoms with van der Waals surface area (Å²) in [5, 5.41) is 13.3. The van der Waals surface area contributed by atoms with Gasteiger partial charge in [-0.15, -0.1) is 0 Å². The minimum Gasteiger partial charge on any atom is -0.355 e. The number of nitro groups is 1. The summed E-state index contributed by atoms with van der Waals surface area (Å²) in [5.74, 6) is 0.836. The average Bonchev–Trinajstić information content (AvgIpc) is 2.44. The molecule has 2 rings (SSSR count). The van der Waals surface area contributed by atoms with E-state index in [9.17, 15) is 23.3 Å². The van der Waals surface area contributed by atoms with E-state index in [1.54, 1.807) is 0 Å². The summed E-state index contributed by atoms with van der Waals surface area (Å²) in [5.41, 5.74) is 2.22. The highest BCUT2D eigenvalue weighted by atomic mass is 19.2. The van der Waals surface area contributed by atoms with Gasteiger partial charge in [0.05, 0.1) is 10.6 Å². The number of anilines is 3. The maximum Gasteiger partial charge on any atom is 0.273 e. The third-order valence-corrected chi connectivity index (χ3v) is 2.57. The van der Waals surface area contributed by atoms with Gasteiger partial charge >= 0.3 is 0 Å². The van der Waals surface area contributed by atoms with Gasteiger partial charge in [0.2, 0.25) is 0 Å². The van der Waals surface area contributed by atoms with Crippen LogP contribution in [0.3, 0.4) is 0 Å². The molecule has 9 heteroatoms. The summed E-state index contributed by atoms with van der Waals surface area (Å²) in [4.78, 5) is 10.1. The van der Waals surface area contributed by atoms with Crippen LogP contribution in [0.1, 0.15) is 0 Å². The summed E-state index contributed by atoms with van der Waals surface area (Å²) < 4.78 is 39.0. The number of rotatable bonds is 4. The zero-order chi connectivity index (χ0) is 15.6. The van der Waals surface area contributed by atoms with Crippen LogP contribution in [0.4, 0.5) is 35.9 Å². The zero-order valence-electron chi connectivity index (χ0n) is 10.4. The SMILES string of the molecule is NNc1cc(Nc2cc(F)c(F)c(F)c2)cc([N+](=O)[O-])c1. The van der Waals surface area contributed by atoms with Gasteiger partial charge in [0.1, 0.15) is 0 Å². The number of hydrogen-bond donors (Lipinski definition) is 3. The molecule has 0 unspecified atom stereocenters. The Kier molecular flexibility index (Phi) is 3.94. The lowest BCUT2D eigenvalue weighted by Gasteiger charge is -2.09. The van der Waals surface area contributed by atoms with E-state index >= 15 is 0 Å². The largest absolute Gasteiger partial charge is 0.355 e. The first-order valence-electron chi connectivity index (χ1n) is 5.58. The van der Waals surface area contributed by atoms with Gasteiger partial charge < -0.3 is 10.7 Å². The predicted octanol–water partition coefficient (Wildman–Crippen LogP) is 3.04. The van der Waals surface area contributed by atoms with Crippen LogP contribution in [-0.2, 0) is 0 Å². The van der Waals surface area contributed by atoms with Crippen LogP contribution >= 0.6 is 0 Å². The van der Waals surface area contributed by atoms with Crippen LogP contribution in [0, 0.1) is 27.6 Å². The van der Waals surface area contributed by atoms with Crippen LogP contribution in [0.15, 0.2) is 30.3 Å². The second-order valence-corrected chi connectivity index (χ2v) is 4.05. The third-order valence-electron chi connectivity index (χ3n) is 2.57. The van der Waals surface area contributed by atoms with E-state index in [2.05, 4.69) is 10.7 Å². The Labute approximate surface area is 116 Å². The first-order valence-corrected chi connectivity index (χ1v) is 5.58. The molecular weight excluding hydrogens is 289 g/mol. The molecule has 2 aromatic carbocycles. The molecule has 0 aliphatic carbocycles. The van der Waals surface area contributed by atoms with Crippen LogP contribution < -0.4 is 16.6 Å². The smallest absolute Gasteiger partial charge is 0.273 e. The number of nitrogens with one attached hydrogen (secondary N) is 2. The Balaban J connectivity index is 2.39. The Morgan fingerprint density at radius 3 is 2.00 bits per heavy atom. The quantitative estimate of drug-likeness (QED) is 0.349. The van der Waals surface area contributed by atoms with Gasteiger partial charge in [-0.1, -0.05) is 0 Å². The fraction of sp³-hybridized carbons (Fsp3) is 0. The van der Waals surface area contributed by atoms with Crippen LogP contribution in [0.2, 0.25) is 0 Å². The molecule has 6 nitrogen and oxygen atoms in total. The molecule has 110 valence electrons. The summed E-state index contributed by atoms with van der Waals surface area (Å²) in [7, 11) is 0. The van der Waals surface area contributed by atoms with Gasteiger partial charge in [-0.3, -0.25) is 16.0 Å². The van der Waals surface area contributed by atoms with E-state index < -0.39 is 22.4 Å². The van der Waals surface area contributed by atoms with E-state index in [1.165, 1.54) is 12.1 Å². The van der Waals surface area contributed by atoms with Crippen molar-refractivity contribution in [2.45, 2.75) is 0 Å². The van der Waals surface area contributed by atoms with Gasteiger partial charge in [-0.2, -0.15) is 0 Å². The summed E-state index contributed by atoms with van der Waals surface area (Å²) >= 11 is 0. The number of nitrogens with two attached hydrogens (primary N) is 1. The number of benzene rings is 2. The lowest BCUT2D eigenvalue weighted by Crippen LogP contribution is -2.07. The van der Waals surface area contributed by atoms with Crippen molar-refractivity contribution in [1.29, 1.82) is 0 Å². The van der Waals surface area contributed by atoms with E-state index in [-0.39, 0.29) is 22.7 Å². The zero-order valence-corrected chi connectivity index (χ0v) is 10.4. The molecule has 0 heterocycles. The summed E-state index contributed by atoms with van der Waals surface area (Å²) in [6, 6.07) is 5.16. The molecule has 0 radical (unpaired) electrons. The molecule has 21 heavy (non-hydrogen) atoms. The molecule has 0 spiro atoms. The number of nitrogens with zero attached hydrogens (tertiary/aromatic N) is 1. The van der Waals surface area contributed by atoms with Gasteiger partial charge in [-0.05, 0) is 6.07 Å². The average molecular weight is 298 g/mol. The monoisotopic (exact) mass is 298 g/mol. The second kappa shape index (κ2) is 5.67. The third kappa shape index (κ3) is 3.20. The molecular formula is C12H9F3N4O2. The van der Waals surface area contributed by atoms with Crippen LogP contribution in [-0.4, -0.2) is 4.92 Å². The molecule has 0 fully saturated rings. The van der Waals surface area contributed by atoms with Crippen molar-refractivity contribution in [2.75, 3.05) is 10.7 Å². The minimum absolute atomic E-state index is 0.102. The number of hydrazine groups is 1. The van der Waals surface area contributed by atoms with E-state index in [0.29, 0.717) is 0 Å². The van der Waals surface area contributed by atoms with E-state index in [0.717, 1.165) is 18.2 Å². The number of hydrogen-bond acceptors (Lipinski definition) is 5. The maximum atomic E-state index is 13.1. The molecule has 0 aromatic heterocycles. The van der Waals surface area contributed by atoms with Gasteiger partial charge in [0.25, 0.3) is 5.69 Å². The Morgan fingerprint density at radius 2 is 1.48 bits per heavy atom. The first kappa shape index (κ1) is 14.6. The topological polar surface area (TPSA) is 93.2 Å². The highest BCUT2D eigenvalue weighted by Gasteiger charge is 2.13. The predicted molar refractivity (Wildman–Crippen MR) is 70.5 cm³/mol. The molecule has 0 amide bonds. The number of halogens is 3. The Morgan fingerprint density at radius 1 is 0.952 bits per heavy atom. The van der Waals surface area contributed by atoms with Crippen molar-refractivity contribution < 1.29 is 18.1 Å². The van der Waals surface area contributed by atoms with Gasteiger partial charge in [-0.25, -0.2) is 13.2 Å². The molecule has 4 N–H and O–H groups in total. The van der Waals surface area contributed by atoms with Gasteiger partial charge in [0, 0.05) is 35.6 Å². The second-order valence-electron chi connectivity index (χ2n) is 4.05. The molecule has 0 aliphatic rings. The molecule has 0 saturated carbocycles. The van der Waals surface area contributed by atoms with E-state index in [1.807, 2.05) is 0 Å². The lowest BCUT2D eigenvalue weighted by atomic mass is 10.2. The van der Waals surface area contributed by atoms with Crippen molar-refractivity contribution in [1.82, 2.24) is 0 Å². The van der Waals surface area contributed by atoms with Crippen molar-refractivity contribution in [3.05, 3.63) is 57.9 Å². The Bertz CT molecular complexity index is 686. The summed E-state index contributed by atoms with van der Waals surface area (Å²) in [6.07, 6.45) is 0. The number of nitrogen functional groups attached to an aromatic ring is 1. The molecule has 0 saturated heterocycles. The van der Waals surface area contributed by atoms with Gasteiger partial charge in [0.15, 0.2) is 17.5 Å². The van der Waals surface area contributed by atoms with Crippen molar-refractivity contribution >= 4 is 22.7 Å². The van der Waals surface area contributed by atoms with E-state index in [4.69, 9.17) is 5.84 Å². The fourth-order valence-electron chi connectivity index (χ4n) is 1.67. The number of non-ortho nitro benzene ring substituents is 1. The highest BCUT2D eigenvalue weighted by molar-refractivity contribution is 5.68. The molecule has 0 atom stereocenters. The van der Waals surface area contributed by atoms with Crippen LogP contribution in [0.5, 0.6) is 0 Å². The first-order chi connectivity index (χ1) is 9.90. The minimum atomic E-state index is -1.59. The summed E-state index contributed by atoms with van der Waals surface area (Å²) in [6.45, 7) is 0. The standard InChI is InChI=1S/C12H9F3N4O2/c13-10-4-7(5-11(14)12(10)15)17-6-1-8(18-16)3-9(2-6)19(20)21/h1-5,17-18H,16H2. The van der Waals surface area contributed by atoms with Crippen molar-refractivity contribution in [3.8, 4) is 0 Å². The molecule has 0 aliphatic heterocycles. The highest BCUT2D eigenvalue weighted by Crippen LogP contribution is 2.27. The molecule has 2 aromatic rings. The van der Waals surface area contributed by atoms with Crippen molar-refractivity contribution in [3.63, 3.8) is 0 Å². The van der Waals surface area contributed by atoms with Crippen LogP contribution in [0.25, 0.3) is 0 Å².